The predicted molar refractivity (Wildman–Crippen MR) is 67.8 cm³/mol. The molecule has 2 aromatic rings. The van der Waals surface area contributed by atoms with E-state index in [9.17, 15) is 9.59 Å². The summed E-state index contributed by atoms with van der Waals surface area (Å²) in [4.78, 5) is 22.9. The average Bonchev–Trinajstić information content (AvgIpc) is 2.37. The zero-order valence-electron chi connectivity index (χ0n) is 10.2. The Morgan fingerprint density at radius 2 is 2.00 bits per heavy atom. The fourth-order valence-electron chi connectivity index (χ4n) is 1.31. The molecule has 2 N–H and O–H groups in total. The summed E-state index contributed by atoms with van der Waals surface area (Å²) in [5, 5.41) is 12.1. The molecule has 19 heavy (non-hydrogen) atoms. The standard InChI is InChI=1S/C10H9N.C3H4NO3.Fm/c1-8-6-9-4-2-3-5-10(9)7-11-8;5-2-4-1-3(6)7;/h2-7H,1H3;1H2,(H,4,5)(H,6,7);/q;-1;. The Balaban J connectivity index is 0.000000360. The Labute approximate surface area is 104 Å². The first-order valence-electron chi connectivity index (χ1n) is 5.26. The van der Waals surface area contributed by atoms with E-state index in [-0.39, 0.29) is 6.54 Å². The van der Waals surface area contributed by atoms with Gasteiger partial charge in [0.25, 0.3) is 0 Å². The van der Waals surface area contributed by atoms with Crippen LogP contribution in [-0.4, -0.2) is 29.0 Å². The monoisotopic (exact) mass is 502 g/mol. The van der Waals surface area contributed by atoms with Crippen molar-refractivity contribution in [1.82, 2.24) is 10.3 Å². The molecule has 0 aliphatic rings. The first-order valence-corrected chi connectivity index (χ1v) is 5.26. The van der Waals surface area contributed by atoms with E-state index >= 15 is 0 Å². The first-order chi connectivity index (χ1) is 8.63. The molecule has 106 valence electrons. The summed E-state index contributed by atoms with van der Waals surface area (Å²) in [5.41, 5.74) is 1.07. The second-order valence-corrected chi connectivity index (χ2v) is 3.52. The molecule has 0 saturated carbocycles. The number of benzene rings is 1. The third-order valence-electron chi connectivity index (χ3n) is 2.08. The van der Waals surface area contributed by atoms with Gasteiger partial charge < -0.3 is 15.2 Å². The van der Waals surface area contributed by atoms with E-state index in [0.717, 1.165) is 5.69 Å². The van der Waals surface area contributed by atoms with Crippen LogP contribution in [0.1, 0.15) is 5.69 Å². The van der Waals surface area contributed by atoms with Gasteiger partial charge in [0.2, 0.25) is 0 Å². The maximum atomic E-state index is 9.52. The van der Waals surface area contributed by atoms with Crippen LogP contribution in [0.2, 0.25) is 0 Å². The number of aromatic nitrogens is 1. The van der Waals surface area contributed by atoms with Gasteiger partial charge in [-0.25, -0.2) is 0 Å². The van der Waals surface area contributed by atoms with Crippen molar-refractivity contribution in [2.75, 3.05) is 6.54 Å². The molecule has 0 radical (unpaired) electrons. The number of nitrogens with one attached hydrogen (secondary N) is 1. The molecule has 5 nitrogen and oxygen atoms in total. The van der Waals surface area contributed by atoms with Crippen LogP contribution in [0.5, 0.6) is 0 Å². The molecule has 0 saturated heterocycles. The number of fused-ring (bicyclic) bond motifs is 1. The van der Waals surface area contributed by atoms with Crippen molar-refractivity contribution in [2.45, 2.75) is 6.92 Å². The van der Waals surface area contributed by atoms with E-state index in [1.54, 1.807) is 0 Å². The Hall–Kier alpha value is -3.43. The molecule has 1 amide bonds. The van der Waals surface area contributed by atoms with Crippen LogP contribution in [0.4, 0.5) is 0 Å². The number of aryl methyl sites for hydroxylation is 1. The zero-order chi connectivity index (χ0) is 13.4. The molecule has 0 aliphatic heterocycles. The molecule has 1 heterocycles. The van der Waals surface area contributed by atoms with Gasteiger partial charge in [-0.05, 0) is 18.4 Å². The third-order valence-corrected chi connectivity index (χ3v) is 2.08. The van der Waals surface area contributed by atoms with Crippen molar-refractivity contribution in [2.24, 2.45) is 0 Å². The number of carbonyl (C=O) groups excluding carboxylic acids is 1. The van der Waals surface area contributed by atoms with Gasteiger partial charge in [-0.3, -0.25) is 9.78 Å². The van der Waals surface area contributed by atoms with Crippen molar-refractivity contribution in [1.29, 1.82) is 0 Å². The summed E-state index contributed by atoms with van der Waals surface area (Å²) in [5.74, 6) is -1.07. The SMILES string of the molecule is Cc1cc2ccccc2cn1.O=[C-]NCC(=O)O.[Fm]. The van der Waals surface area contributed by atoms with Gasteiger partial charge in [0.05, 0.1) is 6.54 Å². The quantitative estimate of drug-likeness (QED) is 0.490. The maximum absolute atomic E-state index is 9.52. The molecule has 2 rings (SSSR count). The minimum Gasteiger partial charge on any atom is -0.521 e. The molecular formula is C13H13FmN2O3-. The van der Waals surface area contributed by atoms with Crippen LogP contribution in [0.25, 0.3) is 10.8 Å². The number of carboxylic acids is 1. The molecule has 1 aromatic heterocycles. The Morgan fingerprint density at radius 3 is 2.53 bits per heavy atom. The largest absolute Gasteiger partial charge is 0.521 e. The molecular weight excluding hydrogens is 489 g/mol. The van der Waals surface area contributed by atoms with Gasteiger partial charge in [-0.1, -0.05) is 24.3 Å². The summed E-state index contributed by atoms with van der Waals surface area (Å²) in [6, 6.07) is 10.3. The van der Waals surface area contributed by atoms with E-state index in [1.807, 2.05) is 30.6 Å². The minimum atomic E-state index is -1.07. The average molecular weight is 502 g/mol. The summed E-state index contributed by atoms with van der Waals surface area (Å²) in [6.45, 7) is 1.65. The van der Waals surface area contributed by atoms with Crippen molar-refractivity contribution in [3.63, 3.8) is 0 Å². The molecule has 1 aromatic carbocycles. The fraction of sp³-hybridized carbons (Fsp3) is 0.154. The number of carbonyl (C=O) groups is 1. The van der Waals surface area contributed by atoms with Crippen LogP contribution < -0.4 is 5.32 Å². The van der Waals surface area contributed by atoms with Gasteiger partial charge in [0.1, 0.15) is 0 Å². The molecule has 0 bridgehead atoms. The molecule has 0 aliphatic carbocycles. The van der Waals surface area contributed by atoms with Gasteiger partial charge in [-0.15, -0.1) is 0 Å². The van der Waals surface area contributed by atoms with Crippen LogP contribution in [0.3, 0.4) is 0 Å². The number of amides is 1. The fourth-order valence-corrected chi connectivity index (χ4v) is 1.31. The molecule has 0 unspecified atom stereocenters. The summed E-state index contributed by atoms with van der Waals surface area (Å²) >= 11 is 0. The molecule has 0 fully saturated rings. The molecule has 0 atom stereocenters. The summed E-state index contributed by atoms with van der Waals surface area (Å²) < 4.78 is 0. The number of carboxylic acid groups (broad SMARTS) is 1. The second-order valence-electron chi connectivity index (χ2n) is 3.52. The predicted octanol–water partition coefficient (Wildman–Crippen LogP) is 1.27. The minimum absolute atomic E-state index is 0. The van der Waals surface area contributed by atoms with Crippen LogP contribution in [-0.2, 0) is 9.59 Å². The van der Waals surface area contributed by atoms with Crippen LogP contribution in [0.15, 0.2) is 36.5 Å². The zero-order valence-corrected chi connectivity index (χ0v) is 12.6. The van der Waals surface area contributed by atoms with Gasteiger partial charge >= 0.3 is 5.97 Å². The van der Waals surface area contributed by atoms with Crippen LogP contribution in [0, 0.1) is 6.92 Å². The Morgan fingerprint density at radius 1 is 1.37 bits per heavy atom. The van der Waals surface area contributed by atoms with Crippen molar-refractivity contribution >= 4 is 23.2 Å². The number of nitrogens with zero attached hydrogens (tertiary/aromatic N) is 1. The topological polar surface area (TPSA) is 79.3 Å². The van der Waals surface area contributed by atoms with Crippen molar-refractivity contribution < 1.29 is 14.7 Å². The van der Waals surface area contributed by atoms with E-state index in [4.69, 9.17) is 5.11 Å². The van der Waals surface area contributed by atoms with Gasteiger partial charge in [-0.2, -0.15) is 6.41 Å². The Kier molecular flexibility index (Phi) is 6.38. The number of rotatable bonds is 3. The van der Waals surface area contributed by atoms with Crippen molar-refractivity contribution in [3.8, 4) is 0 Å². The smallest absolute Gasteiger partial charge is 0.320 e. The number of pyridine rings is 1. The van der Waals surface area contributed by atoms with E-state index in [1.165, 1.54) is 17.2 Å². The Bertz CT molecular complexity index is 546. The van der Waals surface area contributed by atoms with Crippen LogP contribution >= 0.6 is 0 Å². The maximum Gasteiger partial charge on any atom is 0.320 e. The summed E-state index contributed by atoms with van der Waals surface area (Å²) in [6.07, 6.45) is 3.13. The first kappa shape index (κ1) is 15.6. The number of hydrogen-bond donors (Lipinski definition) is 2. The second kappa shape index (κ2) is 7.78. The normalized spacial score (nSPS) is 8.68. The van der Waals surface area contributed by atoms with E-state index in [2.05, 4.69) is 23.2 Å². The van der Waals surface area contributed by atoms with Gasteiger partial charge in [0.15, 0.2) is 0 Å². The van der Waals surface area contributed by atoms with Gasteiger partial charge in [0, 0.05) is 17.3 Å². The number of hydrogen-bond acceptors (Lipinski definition) is 3. The van der Waals surface area contributed by atoms with E-state index in [0.29, 0.717) is 0 Å². The molecule has 0 spiro atoms. The van der Waals surface area contributed by atoms with Crippen molar-refractivity contribution in [3.05, 3.63) is 42.2 Å². The summed E-state index contributed by atoms with van der Waals surface area (Å²) in [7, 11) is 0. The number of aliphatic carboxylic acids is 1. The van der Waals surface area contributed by atoms with E-state index < -0.39 is 5.97 Å². The molecule has 6 heteroatoms. The third kappa shape index (κ3) is 5.44.